The molecule has 0 atom stereocenters. The summed E-state index contributed by atoms with van der Waals surface area (Å²) < 4.78 is 1.76. The van der Waals surface area contributed by atoms with E-state index >= 15 is 0 Å². The van der Waals surface area contributed by atoms with Gasteiger partial charge in [-0.2, -0.15) is 0 Å². The summed E-state index contributed by atoms with van der Waals surface area (Å²) in [5.41, 5.74) is 2.50. The first-order valence-corrected chi connectivity index (χ1v) is 12.4. The average Bonchev–Trinajstić information content (AvgIpc) is 3.20. The molecule has 2 amide bonds. The van der Waals surface area contributed by atoms with Crippen molar-refractivity contribution in [2.75, 3.05) is 16.0 Å². The van der Waals surface area contributed by atoms with Gasteiger partial charge in [0.25, 0.3) is 0 Å². The normalized spacial score (nSPS) is 12.1. The second kappa shape index (κ2) is 9.74. The van der Waals surface area contributed by atoms with Gasteiger partial charge in [0.1, 0.15) is 5.82 Å². The molecular formula is C25H21N5O2S2. The molecule has 1 aromatic heterocycles. The Bertz CT molecular complexity index is 1310. The summed E-state index contributed by atoms with van der Waals surface area (Å²) >= 11 is 2.97. The van der Waals surface area contributed by atoms with E-state index in [0.717, 1.165) is 26.9 Å². The van der Waals surface area contributed by atoms with Crippen LogP contribution in [0.3, 0.4) is 0 Å². The SMILES string of the molecule is Cn1c(CC(=O)Nc2ccccc2)nnc1SCC(=O)N1c2ccccc2Sc2ccccc21. The highest BCUT2D eigenvalue weighted by Crippen LogP contribution is 2.48. The van der Waals surface area contributed by atoms with Gasteiger partial charge in [0.05, 0.1) is 23.5 Å². The maximum absolute atomic E-state index is 13.4. The second-order valence-electron chi connectivity index (χ2n) is 7.60. The van der Waals surface area contributed by atoms with Crippen molar-refractivity contribution in [2.24, 2.45) is 7.05 Å². The molecule has 4 aromatic rings. The van der Waals surface area contributed by atoms with E-state index in [2.05, 4.69) is 15.5 Å². The van der Waals surface area contributed by atoms with Crippen molar-refractivity contribution in [1.82, 2.24) is 14.8 Å². The standard InChI is InChI=1S/C25H21N5O2S2/c1-29-22(15-23(31)26-17-9-3-2-4-10-17)27-28-25(29)33-16-24(32)30-18-11-5-7-13-20(18)34-21-14-8-6-12-19(21)30/h2-14H,15-16H2,1H3,(H,26,31). The number of aromatic nitrogens is 3. The van der Waals surface area contributed by atoms with Gasteiger partial charge in [-0.05, 0) is 36.4 Å². The highest BCUT2D eigenvalue weighted by atomic mass is 32.2. The van der Waals surface area contributed by atoms with Crippen LogP contribution in [-0.2, 0) is 23.1 Å². The van der Waals surface area contributed by atoms with Gasteiger partial charge in [0.2, 0.25) is 11.8 Å². The fourth-order valence-electron chi connectivity index (χ4n) is 3.66. The van der Waals surface area contributed by atoms with Gasteiger partial charge >= 0.3 is 0 Å². The summed E-state index contributed by atoms with van der Waals surface area (Å²) in [4.78, 5) is 29.6. The van der Waals surface area contributed by atoms with Crippen molar-refractivity contribution in [2.45, 2.75) is 21.4 Å². The Kier molecular flexibility index (Phi) is 6.37. The van der Waals surface area contributed by atoms with Crippen LogP contribution < -0.4 is 10.2 Å². The highest BCUT2D eigenvalue weighted by Gasteiger charge is 2.28. The minimum atomic E-state index is -0.173. The van der Waals surface area contributed by atoms with Crippen molar-refractivity contribution < 1.29 is 9.59 Å². The zero-order chi connectivity index (χ0) is 23.5. The molecule has 1 aliphatic heterocycles. The van der Waals surface area contributed by atoms with Crippen LogP contribution in [0.25, 0.3) is 0 Å². The number of benzene rings is 3. The molecule has 1 aliphatic rings. The van der Waals surface area contributed by atoms with Crippen molar-refractivity contribution in [3.05, 3.63) is 84.7 Å². The number of amides is 2. The molecule has 0 fully saturated rings. The lowest BCUT2D eigenvalue weighted by Crippen LogP contribution is -2.30. The molecule has 2 heterocycles. The number of hydrogen-bond acceptors (Lipinski definition) is 6. The molecular weight excluding hydrogens is 466 g/mol. The van der Waals surface area contributed by atoms with Gasteiger partial charge in [-0.1, -0.05) is 66.0 Å². The summed E-state index contributed by atoms with van der Waals surface area (Å²) in [7, 11) is 1.81. The fourth-order valence-corrected chi connectivity index (χ4v) is 5.50. The van der Waals surface area contributed by atoms with Gasteiger partial charge < -0.3 is 9.88 Å². The lowest BCUT2D eigenvalue weighted by molar-refractivity contribution is -0.116. The molecule has 9 heteroatoms. The van der Waals surface area contributed by atoms with Crippen molar-refractivity contribution in [3.8, 4) is 0 Å². The lowest BCUT2D eigenvalue weighted by atomic mass is 10.2. The number of fused-ring (bicyclic) bond motifs is 2. The van der Waals surface area contributed by atoms with Crippen molar-refractivity contribution >= 4 is 52.4 Å². The van der Waals surface area contributed by atoms with Crippen molar-refractivity contribution in [3.63, 3.8) is 0 Å². The number of hydrogen-bond donors (Lipinski definition) is 1. The number of nitrogens with zero attached hydrogens (tertiary/aromatic N) is 4. The van der Waals surface area contributed by atoms with E-state index in [1.165, 1.54) is 11.8 Å². The number of anilines is 3. The monoisotopic (exact) mass is 487 g/mol. The number of thioether (sulfide) groups is 1. The average molecular weight is 488 g/mol. The largest absolute Gasteiger partial charge is 0.326 e. The number of carbonyl (C=O) groups excluding carboxylic acids is 2. The Balaban J connectivity index is 1.28. The highest BCUT2D eigenvalue weighted by molar-refractivity contribution is 8.00. The van der Waals surface area contributed by atoms with Crippen LogP contribution in [0.4, 0.5) is 17.1 Å². The summed E-state index contributed by atoms with van der Waals surface area (Å²) in [5.74, 6) is 0.508. The van der Waals surface area contributed by atoms with E-state index in [4.69, 9.17) is 0 Å². The third-order valence-corrected chi connectivity index (χ3v) is 7.44. The molecule has 0 radical (unpaired) electrons. The molecule has 170 valence electrons. The summed E-state index contributed by atoms with van der Waals surface area (Å²) in [6.07, 6.45) is 0.0942. The second-order valence-corrected chi connectivity index (χ2v) is 9.63. The van der Waals surface area contributed by atoms with Crippen molar-refractivity contribution in [1.29, 1.82) is 0 Å². The van der Waals surface area contributed by atoms with Gasteiger partial charge in [-0.3, -0.25) is 14.5 Å². The molecule has 3 aromatic carbocycles. The van der Waals surface area contributed by atoms with E-state index in [1.54, 1.807) is 28.3 Å². The minimum absolute atomic E-state index is 0.0448. The van der Waals surface area contributed by atoms with Gasteiger partial charge in [0.15, 0.2) is 5.16 Å². The fraction of sp³-hybridized carbons (Fsp3) is 0.120. The Labute approximate surface area is 205 Å². The first-order valence-electron chi connectivity index (χ1n) is 10.6. The zero-order valence-corrected chi connectivity index (χ0v) is 20.0. The van der Waals surface area contributed by atoms with Gasteiger partial charge in [-0.25, -0.2) is 0 Å². The Hall–Kier alpha value is -3.56. The smallest absolute Gasteiger partial charge is 0.242 e. The van der Waals surface area contributed by atoms with E-state index in [0.29, 0.717) is 11.0 Å². The molecule has 0 aliphatic carbocycles. The summed E-state index contributed by atoms with van der Waals surface area (Å²) in [6.45, 7) is 0. The maximum Gasteiger partial charge on any atom is 0.242 e. The summed E-state index contributed by atoms with van der Waals surface area (Å²) in [6, 6.07) is 25.1. The molecule has 1 N–H and O–H groups in total. The lowest BCUT2D eigenvalue weighted by Gasteiger charge is -2.30. The minimum Gasteiger partial charge on any atom is -0.326 e. The first-order chi connectivity index (χ1) is 16.6. The van der Waals surface area contributed by atoms with Crippen LogP contribution in [-0.4, -0.2) is 32.3 Å². The number of rotatable bonds is 6. The zero-order valence-electron chi connectivity index (χ0n) is 18.3. The summed E-state index contributed by atoms with van der Waals surface area (Å²) in [5, 5.41) is 11.8. The number of carbonyl (C=O) groups is 2. The quantitative estimate of drug-likeness (QED) is 0.389. The van der Waals surface area contributed by atoms with E-state index in [1.807, 2.05) is 78.9 Å². The van der Waals surface area contributed by atoms with E-state index in [-0.39, 0.29) is 24.0 Å². The van der Waals surface area contributed by atoms with Gasteiger partial charge in [0, 0.05) is 22.5 Å². The topological polar surface area (TPSA) is 80.1 Å². The molecule has 0 unspecified atom stereocenters. The number of para-hydroxylation sites is 3. The Morgan fingerprint density at radius 1 is 0.882 bits per heavy atom. The third-order valence-electron chi connectivity index (χ3n) is 5.31. The van der Waals surface area contributed by atoms with Crippen LogP contribution in [0.2, 0.25) is 0 Å². The van der Waals surface area contributed by atoms with Crippen LogP contribution in [0, 0.1) is 0 Å². The molecule has 0 saturated heterocycles. The Morgan fingerprint density at radius 3 is 2.18 bits per heavy atom. The molecule has 0 saturated carbocycles. The third kappa shape index (κ3) is 4.57. The first kappa shape index (κ1) is 22.2. The Morgan fingerprint density at radius 2 is 1.50 bits per heavy atom. The molecule has 0 bridgehead atoms. The molecule has 7 nitrogen and oxygen atoms in total. The van der Waals surface area contributed by atoms with Crippen LogP contribution >= 0.6 is 23.5 Å². The van der Waals surface area contributed by atoms with Crippen LogP contribution in [0.5, 0.6) is 0 Å². The van der Waals surface area contributed by atoms with E-state index in [9.17, 15) is 9.59 Å². The van der Waals surface area contributed by atoms with Gasteiger partial charge in [-0.15, -0.1) is 10.2 Å². The molecule has 34 heavy (non-hydrogen) atoms. The molecule has 0 spiro atoms. The van der Waals surface area contributed by atoms with Crippen LogP contribution in [0.15, 0.2) is 93.8 Å². The maximum atomic E-state index is 13.4. The predicted molar refractivity (Wildman–Crippen MR) is 135 cm³/mol. The van der Waals surface area contributed by atoms with E-state index < -0.39 is 0 Å². The predicted octanol–water partition coefficient (Wildman–Crippen LogP) is 4.92. The number of nitrogens with one attached hydrogen (secondary N) is 1. The molecule has 5 rings (SSSR count). The van der Waals surface area contributed by atoms with Crippen LogP contribution in [0.1, 0.15) is 5.82 Å².